The average molecular weight is 463 g/mol. The molecule has 1 aliphatic rings. The molecule has 2 aromatic heterocycles. The van der Waals surface area contributed by atoms with E-state index < -0.39 is 17.5 Å². The molecule has 0 saturated carbocycles. The van der Waals surface area contributed by atoms with Gasteiger partial charge in [-0.15, -0.1) is 0 Å². The van der Waals surface area contributed by atoms with Crippen molar-refractivity contribution in [2.24, 2.45) is 0 Å². The van der Waals surface area contributed by atoms with Gasteiger partial charge in [0.05, 0.1) is 12.0 Å². The van der Waals surface area contributed by atoms with Gasteiger partial charge in [-0.05, 0) is 61.7 Å². The third-order valence-corrected chi connectivity index (χ3v) is 5.99. The second kappa shape index (κ2) is 10.9. The van der Waals surface area contributed by atoms with Crippen molar-refractivity contribution in [1.29, 1.82) is 0 Å². The van der Waals surface area contributed by atoms with Crippen molar-refractivity contribution in [1.82, 2.24) is 10.3 Å². The molecule has 1 saturated heterocycles. The summed E-state index contributed by atoms with van der Waals surface area (Å²) in [6, 6.07) is 13.5. The summed E-state index contributed by atoms with van der Waals surface area (Å²) in [5.41, 5.74) is 1.64. The van der Waals surface area contributed by atoms with E-state index in [1.807, 2.05) is 31.2 Å². The molecule has 2 amide bonds. The van der Waals surface area contributed by atoms with Crippen LogP contribution in [0, 0.1) is 0 Å². The summed E-state index contributed by atoms with van der Waals surface area (Å²) in [6.07, 6.45) is 5.96. The Morgan fingerprint density at radius 2 is 1.94 bits per heavy atom. The minimum Gasteiger partial charge on any atom is -0.463 e. The molecular weight excluding hydrogens is 432 g/mol. The molecule has 8 heteroatoms. The molecule has 8 nitrogen and oxygen atoms in total. The number of nitrogens with one attached hydrogen (secondary N) is 3. The molecule has 1 aromatic carbocycles. The average Bonchev–Trinajstić information content (AvgIpc) is 3.56. The van der Waals surface area contributed by atoms with Gasteiger partial charge in [0.15, 0.2) is 0 Å². The molecular formula is C26H30N4O4. The molecule has 0 radical (unpaired) electrons. The SMILES string of the molecule is CCCCC(NC(=O)c1ccc(-c2ccco2)[nH]c1=O)C(=O)Nc1cccc(N2CCCC2)c1. The highest BCUT2D eigenvalue weighted by Gasteiger charge is 2.23. The Bertz CT molecular complexity index is 1180. The van der Waals surface area contributed by atoms with E-state index in [1.54, 1.807) is 18.2 Å². The zero-order valence-electron chi connectivity index (χ0n) is 19.3. The van der Waals surface area contributed by atoms with E-state index in [-0.39, 0.29) is 11.5 Å². The van der Waals surface area contributed by atoms with Gasteiger partial charge in [0.2, 0.25) is 5.91 Å². The number of carbonyl (C=O) groups is 2. The van der Waals surface area contributed by atoms with Gasteiger partial charge in [-0.2, -0.15) is 0 Å². The molecule has 3 N–H and O–H groups in total. The zero-order valence-corrected chi connectivity index (χ0v) is 19.3. The number of unbranched alkanes of at least 4 members (excludes halogenated alkanes) is 1. The summed E-state index contributed by atoms with van der Waals surface area (Å²) < 4.78 is 5.29. The lowest BCUT2D eigenvalue weighted by Crippen LogP contribution is -2.45. The Morgan fingerprint density at radius 3 is 2.65 bits per heavy atom. The van der Waals surface area contributed by atoms with Crippen molar-refractivity contribution in [3.8, 4) is 11.5 Å². The van der Waals surface area contributed by atoms with Gasteiger partial charge >= 0.3 is 0 Å². The van der Waals surface area contributed by atoms with Crippen LogP contribution in [0.1, 0.15) is 49.4 Å². The van der Waals surface area contributed by atoms with E-state index in [2.05, 4.69) is 20.5 Å². The van der Waals surface area contributed by atoms with E-state index in [0.717, 1.165) is 31.6 Å². The van der Waals surface area contributed by atoms with E-state index in [0.29, 0.717) is 23.6 Å². The van der Waals surface area contributed by atoms with Crippen LogP contribution in [0.2, 0.25) is 0 Å². The number of anilines is 2. The number of pyridine rings is 1. The number of rotatable bonds is 9. The molecule has 178 valence electrons. The van der Waals surface area contributed by atoms with Gasteiger partial charge in [-0.25, -0.2) is 0 Å². The van der Waals surface area contributed by atoms with Crippen molar-refractivity contribution in [3.63, 3.8) is 0 Å². The van der Waals surface area contributed by atoms with Crippen LogP contribution in [0.15, 0.2) is 64.0 Å². The van der Waals surface area contributed by atoms with Gasteiger partial charge in [0.25, 0.3) is 11.5 Å². The smallest absolute Gasteiger partial charge is 0.261 e. The van der Waals surface area contributed by atoms with Crippen molar-refractivity contribution < 1.29 is 14.0 Å². The van der Waals surface area contributed by atoms with Crippen molar-refractivity contribution in [3.05, 3.63) is 70.7 Å². The molecule has 3 heterocycles. The molecule has 0 aliphatic carbocycles. The van der Waals surface area contributed by atoms with Gasteiger partial charge in [-0.1, -0.05) is 25.8 Å². The van der Waals surface area contributed by atoms with Gasteiger partial charge in [0, 0.05) is 24.5 Å². The second-order valence-electron chi connectivity index (χ2n) is 8.49. The van der Waals surface area contributed by atoms with Gasteiger partial charge in [-0.3, -0.25) is 14.4 Å². The quantitative estimate of drug-likeness (QED) is 0.443. The standard InChI is InChI=1S/C26H30N4O4/c1-2-3-10-22(26(33)27-18-8-6-9-19(17-18)30-14-4-5-15-30)29-25(32)20-12-13-21(28-24(20)31)23-11-7-16-34-23/h6-9,11-13,16-17,22H,2-5,10,14-15H2,1H3,(H,27,33)(H,28,31)(H,29,32). The molecule has 3 aromatic rings. The highest BCUT2D eigenvalue weighted by atomic mass is 16.3. The predicted octanol–water partition coefficient (Wildman–Crippen LogP) is 4.16. The Balaban J connectivity index is 1.46. The van der Waals surface area contributed by atoms with Crippen molar-refractivity contribution in [2.45, 2.75) is 45.1 Å². The van der Waals surface area contributed by atoms with Crippen LogP contribution in [0.3, 0.4) is 0 Å². The van der Waals surface area contributed by atoms with Crippen molar-refractivity contribution in [2.75, 3.05) is 23.3 Å². The summed E-state index contributed by atoms with van der Waals surface area (Å²) in [4.78, 5) is 43.4. The summed E-state index contributed by atoms with van der Waals surface area (Å²) in [5, 5.41) is 5.68. The van der Waals surface area contributed by atoms with Crippen LogP contribution in [-0.4, -0.2) is 35.9 Å². The van der Waals surface area contributed by atoms with Crippen LogP contribution >= 0.6 is 0 Å². The van der Waals surface area contributed by atoms with Gasteiger partial charge < -0.3 is 24.9 Å². The first-order chi connectivity index (χ1) is 16.5. The molecule has 0 bridgehead atoms. The lowest BCUT2D eigenvalue weighted by molar-refractivity contribution is -0.118. The van der Waals surface area contributed by atoms with E-state index in [1.165, 1.54) is 25.2 Å². The van der Waals surface area contributed by atoms with Crippen molar-refractivity contribution >= 4 is 23.2 Å². The number of benzene rings is 1. The fourth-order valence-corrected chi connectivity index (χ4v) is 4.13. The molecule has 1 aliphatic heterocycles. The minimum atomic E-state index is -0.757. The number of nitrogens with zero attached hydrogens (tertiary/aromatic N) is 1. The topological polar surface area (TPSA) is 107 Å². The fourth-order valence-electron chi connectivity index (χ4n) is 4.13. The molecule has 1 unspecified atom stereocenters. The number of H-pyrrole nitrogens is 1. The number of amides is 2. The van der Waals surface area contributed by atoms with E-state index in [9.17, 15) is 14.4 Å². The van der Waals surface area contributed by atoms with Crippen LogP contribution < -0.4 is 21.1 Å². The molecule has 1 atom stereocenters. The molecule has 4 rings (SSSR count). The maximum absolute atomic E-state index is 13.1. The number of carbonyl (C=O) groups excluding carboxylic acids is 2. The first-order valence-corrected chi connectivity index (χ1v) is 11.8. The Morgan fingerprint density at radius 1 is 1.12 bits per heavy atom. The summed E-state index contributed by atoms with van der Waals surface area (Å²) in [7, 11) is 0. The Labute approximate surface area is 198 Å². The highest BCUT2D eigenvalue weighted by Crippen LogP contribution is 2.23. The normalized spacial score (nSPS) is 14.1. The maximum atomic E-state index is 13.1. The number of aromatic amines is 1. The number of hydrogen-bond donors (Lipinski definition) is 3. The van der Waals surface area contributed by atoms with E-state index in [4.69, 9.17) is 4.42 Å². The molecule has 1 fully saturated rings. The molecule has 34 heavy (non-hydrogen) atoms. The maximum Gasteiger partial charge on any atom is 0.261 e. The monoisotopic (exact) mass is 462 g/mol. The van der Waals surface area contributed by atoms with Crippen LogP contribution in [0.4, 0.5) is 11.4 Å². The number of hydrogen-bond acceptors (Lipinski definition) is 5. The van der Waals surface area contributed by atoms with Crippen LogP contribution in [0.25, 0.3) is 11.5 Å². The largest absolute Gasteiger partial charge is 0.463 e. The zero-order chi connectivity index (χ0) is 23.9. The minimum absolute atomic E-state index is 0.0550. The predicted molar refractivity (Wildman–Crippen MR) is 132 cm³/mol. The number of furan rings is 1. The van der Waals surface area contributed by atoms with Crippen LogP contribution in [-0.2, 0) is 4.79 Å². The Kier molecular flexibility index (Phi) is 7.47. The molecule has 0 spiro atoms. The first-order valence-electron chi connectivity index (χ1n) is 11.8. The van der Waals surface area contributed by atoms with E-state index >= 15 is 0 Å². The van der Waals surface area contributed by atoms with Gasteiger partial charge in [0.1, 0.15) is 17.4 Å². The third kappa shape index (κ3) is 5.57. The second-order valence-corrected chi connectivity index (χ2v) is 8.49. The lowest BCUT2D eigenvalue weighted by atomic mass is 10.1. The summed E-state index contributed by atoms with van der Waals surface area (Å²) >= 11 is 0. The lowest BCUT2D eigenvalue weighted by Gasteiger charge is -2.20. The Hall–Kier alpha value is -3.81. The van der Waals surface area contributed by atoms with Crippen LogP contribution in [0.5, 0.6) is 0 Å². The summed E-state index contributed by atoms with van der Waals surface area (Å²) in [6.45, 7) is 4.05. The third-order valence-electron chi connectivity index (χ3n) is 5.99. The summed E-state index contributed by atoms with van der Waals surface area (Å²) in [5.74, 6) is -0.390. The first kappa shape index (κ1) is 23.4. The number of aromatic nitrogens is 1. The highest BCUT2D eigenvalue weighted by molar-refractivity contribution is 6.01. The fraction of sp³-hybridized carbons (Fsp3) is 0.346.